The molecule has 0 radical (unpaired) electrons. The van der Waals surface area contributed by atoms with Crippen molar-refractivity contribution in [1.29, 1.82) is 0 Å². The van der Waals surface area contributed by atoms with Crippen LogP contribution in [0.15, 0.2) is 214 Å². The fourth-order valence-corrected chi connectivity index (χ4v) is 11.9. The first-order chi connectivity index (χ1) is 38.3. The Balaban J connectivity index is 0.000000162. The van der Waals surface area contributed by atoms with Crippen LogP contribution in [0.5, 0.6) is 11.5 Å². The number of carbonyl (C=O) groups is 3. The van der Waals surface area contributed by atoms with E-state index in [-0.39, 0.29) is 29.2 Å². The molecule has 0 saturated heterocycles. The first-order valence-corrected chi connectivity index (χ1v) is 26.9. The number of phenols is 2. The van der Waals surface area contributed by atoms with Gasteiger partial charge in [-0.2, -0.15) is 0 Å². The molecule has 0 fully saturated rings. The number of hydrogen-bond donors (Lipinski definition) is 5. The lowest BCUT2D eigenvalue weighted by Crippen LogP contribution is -2.26. The van der Waals surface area contributed by atoms with E-state index in [0.717, 1.165) is 98.9 Å². The summed E-state index contributed by atoms with van der Waals surface area (Å²) in [7, 11) is 3.58. The number of rotatable bonds is 8. The second-order valence-corrected chi connectivity index (χ2v) is 21.2. The second kappa shape index (κ2) is 20.6. The lowest BCUT2D eigenvalue weighted by atomic mass is 10.1. The van der Waals surface area contributed by atoms with Crippen LogP contribution in [0.25, 0.3) is 33.8 Å². The van der Waals surface area contributed by atoms with Gasteiger partial charge in [0.15, 0.2) is 0 Å². The van der Waals surface area contributed by atoms with Gasteiger partial charge in [-0.3, -0.25) is 23.2 Å². The maximum absolute atomic E-state index is 13.2. The smallest absolute Gasteiger partial charge is 0.259 e. The molecule has 0 unspecified atom stereocenters. The number of amides is 3. The van der Waals surface area contributed by atoms with Crippen LogP contribution in [0.1, 0.15) is 42.2 Å². The van der Waals surface area contributed by atoms with Gasteiger partial charge in [0.05, 0.1) is 22.5 Å². The van der Waals surface area contributed by atoms with Crippen LogP contribution < -0.4 is 25.8 Å². The summed E-state index contributed by atoms with van der Waals surface area (Å²) in [5.41, 5.74) is 12.9. The number of imidazole rings is 2. The molecule has 3 amide bonds. The van der Waals surface area contributed by atoms with Crippen molar-refractivity contribution in [2.45, 2.75) is 33.4 Å². The number of aromatic hydroxyl groups is 2. The third-order valence-corrected chi connectivity index (χ3v) is 16.1. The number of fused-ring (bicyclic) bond motifs is 6. The Labute approximate surface area is 463 Å². The molecule has 16 heteroatoms. The molecule has 0 bridgehead atoms. The molecule has 0 atom stereocenters. The topological polar surface area (TPSA) is 169 Å². The molecule has 388 valence electrons. The number of aromatic nitrogens is 4. The van der Waals surface area contributed by atoms with E-state index < -0.39 is 0 Å². The number of nitrogens with one attached hydrogen (secondary N) is 3. The summed E-state index contributed by atoms with van der Waals surface area (Å²) in [5.74, 6) is 1.69. The molecule has 2 aliphatic heterocycles. The van der Waals surface area contributed by atoms with Crippen LogP contribution in [-0.2, 0) is 0 Å². The van der Waals surface area contributed by atoms with E-state index in [1.807, 2.05) is 182 Å². The normalized spacial score (nSPS) is 12.6. The van der Waals surface area contributed by atoms with Gasteiger partial charge < -0.3 is 36.0 Å². The Morgan fingerprint density at radius 1 is 0.481 bits per heavy atom. The van der Waals surface area contributed by atoms with Crippen molar-refractivity contribution in [3.8, 4) is 34.0 Å². The molecule has 0 aliphatic carbocycles. The van der Waals surface area contributed by atoms with Crippen molar-refractivity contribution >= 4 is 92.6 Å². The molecule has 2 aliphatic rings. The Morgan fingerprint density at radius 3 is 1.41 bits per heavy atom. The number of aryl methyl sites for hydroxylation is 2. The lowest BCUT2D eigenvalue weighted by Gasteiger charge is -2.18. The van der Waals surface area contributed by atoms with Gasteiger partial charge in [-0.25, -0.2) is 9.97 Å². The average molecular weight is 1080 g/mol. The monoisotopic (exact) mass is 1080 g/mol. The predicted molar refractivity (Wildman–Crippen MR) is 315 cm³/mol. The maximum atomic E-state index is 13.2. The van der Waals surface area contributed by atoms with E-state index in [1.165, 1.54) is 11.8 Å². The van der Waals surface area contributed by atoms with Crippen molar-refractivity contribution in [2.24, 2.45) is 0 Å². The fourth-order valence-electron chi connectivity index (χ4n) is 9.65. The van der Waals surface area contributed by atoms with Crippen molar-refractivity contribution in [3.05, 3.63) is 222 Å². The van der Waals surface area contributed by atoms with E-state index in [1.54, 1.807) is 65.0 Å². The minimum Gasteiger partial charge on any atom is -0.508 e. The Morgan fingerprint density at radius 2 is 0.911 bits per heavy atom. The number of benzene rings is 7. The standard InChI is InChI=1S/C35H27N5O3S.C28H22N4O2S/c1-21-6-5-19-40-32(21)38-31(22-11-16-26(41)17-12-22)33(40)36-24-13-9-23(10-14-24)34(42)37-25-15-18-28-30(20-25)44-29-8-4-3-7-27(29)35(43)39(28)2;1-17-6-5-15-32-26(17)30-25(18-9-12-20(33)13-10-18)27(32)29-19-11-14-22-24(16-19)35-23-8-4-3-7-21(23)28(34)31(22)2/h3-20,36,41H,1-2H3,(H,37,42);3-16,29,33H,1-2H3. The molecule has 4 aromatic heterocycles. The first-order valence-electron chi connectivity index (χ1n) is 25.2. The molecular formula is C63H49N9O5S2. The van der Waals surface area contributed by atoms with E-state index in [9.17, 15) is 24.6 Å². The predicted octanol–water partition coefficient (Wildman–Crippen LogP) is 14.3. The summed E-state index contributed by atoms with van der Waals surface area (Å²) in [6.45, 7) is 4.05. The molecule has 79 heavy (non-hydrogen) atoms. The van der Waals surface area contributed by atoms with Crippen LogP contribution in [0.2, 0.25) is 0 Å². The average Bonchev–Trinajstić information content (AvgIpc) is 4.05. The third-order valence-electron chi connectivity index (χ3n) is 13.8. The highest BCUT2D eigenvalue weighted by atomic mass is 32.2. The highest BCUT2D eigenvalue weighted by Crippen LogP contribution is 2.45. The summed E-state index contributed by atoms with van der Waals surface area (Å²) in [5, 5.41) is 29.6. The van der Waals surface area contributed by atoms with Gasteiger partial charge in [-0.15, -0.1) is 0 Å². The van der Waals surface area contributed by atoms with Gasteiger partial charge in [0.1, 0.15) is 45.8 Å². The van der Waals surface area contributed by atoms with Gasteiger partial charge in [-0.05, 0) is 171 Å². The van der Waals surface area contributed by atoms with Crippen molar-refractivity contribution in [2.75, 3.05) is 39.8 Å². The maximum Gasteiger partial charge on any atom is 0.259 e. The molecule has 0 saturated carbocycles. The molecule has 6 heterocycles. The highest BCUT2D eigenvalue weighted by molar-refractivity contribution is 8.00. The van der Waals surface area contributed by atoms with E-state index in [0.29, 0.717) is 22.4 Å². The van der Waals surface area contributed by atoms with E-state index in [2.05, 4.69) is 22.0 Å². The van der Waals surface area contributed by atoms with Gasteiger partial charge in [-0.1, -0.05) is 59.9 Å². The summed E-state index contributed by atoms with van der Waals surface area (Å²) in [6, 6.07) is 56.1. The summed E-state index contributed by atoms with van der Waals surface area (Å²) < 4.78 is 4.04. The van der Waals surface area contributed by atoms with Crippen LogP contribution >= 0.6 is 23.5 Å². The summed E-state index contributed by atoms with van der Waals surface area (Å²) in [4.78, 5) is 56.1. The molecule has 13 rings (SSSR count). The number of carbonyl (C=O) groups excluding carboxylic acids is 3. The largest absolute Gasteiger partial charge is 0.508 e. The molecular weight excluding hydrogens is 1030 g/mol. The number of phenolic OH excluding ortho intramolecular Hbond substituents is 2. The first kappa shape index (κ1) is 50.1. The van der Waals surface area contributed by atoms with Crippen LogP contribution in [0.4, 0.5) is 40.1 Å². The highest BCUT2D eigenvalue weighted by Gasteiger charge is 2.27. The van der Waals surface area contributed by atoms with Crippen LogP contribution in [0, 0.1) is 13.8 Å². The fraction of sp³-hybridized carbons (Fsp3) is 0.0635. The van der Waals surface area contributed by atoms with Gasteiger partial charge in [0.2, 0.25) is 0 Å². The third kappa shape index (κ3) is 9.64. The van der Waals surface area contributed by atoms with Crippen molar-refractivity contribution in [3.63, 3.8) is 0 Å². The van der Waals surface area contributed by atoms with Crippen molar-refractivity contribution < 1.29 is 24.6 Å². The summed E-state index contributed by atoms with van der Waals surface area (Å²) >= 11 is 3.10. The number of nitrogens with zero attached hydrogens (tertiary/aromatic N) is 6. The zero-order chi connectivity index (χ0) is 54.5. The Bertz CT molecular complexity index is 4220. The van der Waals surface area contributed by atoms with Gasteiger partial charge in [0.25, 0.3) is 17.7 Å². The molecule has 14 nitrogen and oxygen atoms in total. The van der Waals surface area contributed by atoms with Crippen LogP contribution in [-0.4, -0.2) is 60.8 Å². The summed E-state index contributed by atoms with van der Waals surface area (Å²) in [6.07, 6.45) is 3.94. The Hall–Kier alpha value is -9.77. The van der Waals surface area contributed by atoms with Gasteiger partial charge >= 0.3 is 0 Å². The molecule has 7 aromatic carbocycles. The minimum absolute atomic E-state index is 0.0144. The second-order valence-electron chi connectivity index (χ2n) is 19.1. The SMILES string of the molecule is Cc1cccn2c(Nc3ccc(C(=O)Nc4ccc5c(c4)Sc4ccccc4C(=O)N5C)cc3)c(-c3ccc(O)cc3)nc12.Cc1cccn2c(Nc3ccc4c(c3)Sc3ccccc3C(=O)N4C)c(-c3ccc(O)cc3)nc12. The van der Waals surface area contributed by atoms with E-state index >= 15 is 0 Å². The zero-order valence-corrected chi connectivity index (χ0v) is 44.7. The molecule has 11 aromatic rings. The van der Waals surface area contributed by atoms with Gasteiger partial charge in [0, 0.05) is 79.8 Å². The lowest BCUT2D eigenvalue weighted by molar-refractivity contribution is 0.0982. The van der Waals surface area contributed by atoms with Crippen LogP contribution in [0.3, 0.4) is 0 Å². The number of hydrogen-bond acceptors (Lipinski definition) is 11. The van der Waals surface area contributed by atoms with Crippen molar-refractivity contribution in [1.82, 2.24) is 18.8 Å². The zero-order valence-electron chi connectivity index (χ0n) is 43.1. The number of pyridine rings is 2. The minimum atomic E-state index is -0.241. The quantitative estimate of drug-likeness (QED) is 0.0982. The number of anilines is 7. The van der Waals surface area contributed by atoms with E-state index in [4.69, 9.17) is 9.97 Å². The molecule has 0 spiro atoms. The molecule has 5 N–H and O–H groups in total. The Kier molecular flexibility index (Phi) is 13.1.